The molecule has 5 heteroatoms. The lowest BCUT2D eigenvalue weighted by atomic mass is 10.1. The standard InChI is InChI=1S/C18H19NO4/c1-5-22-16(20)13-9-10-14-12(11-13)7-6-8-15(14)19-17(21)23-18(2,3)4/h5-11H,1H2,2-4H3,(H,19,21). The first kappa shape index (κ1) is 16.5. The summed E-state index contributed by atoms with van der Waals surface area (Å²) in [5.41, 5.74) is 0.447. The van der Waals surface area contributed by atoms with Crippen LogP contribution < -0.4 is 5.32 Å². The molecule has 0 aliphatic rings. The van der Waals surface area contributed by atoms with Gasteiger partial charge in [-0.25, -0.2) is 9.59 Å². The van der Waals surface area contributed by atoms with Crippen LogP contribution in [0, 0.1) is 0 Å². The van der Waals surface area contributed by atoms with Crippen molar-refractivity contribution in [3.8, 4) is 0 Å². The second-order valence-corrected chi connectivity index (χ2v) is 5.94. The Morgan fingerprint density at radius 3 is 2.57 bits per heavy atom. The fourth-order valence-electron chi connectivity index (χ4n) is 2.08. The minimum atomic E-state index is -0.573. The van der Waals surface area contributed by atoms with E-state index in [4.69, 9.17) is 9.47 Å². The van der Waals surface area contributed by atoms with Crippen molar-refractivity contribution >= 4 is 28.5 Å². The zero-order valence-electron chi connectivity index (χ0n) is 13.4. The monoisotopic (exact) mass is 313 g/mol. The molecular weight excluding hydrogens is 294 g/mol. The maximum absolute atomic E-state index is 11.9. The molecule has 2 aromatic carbocycles. The Morgan fingerprint density at radius 2 is 1.91 bits per heavy atom. The Hall–Kier alpha value is -2.82. The van der Waals surface area contributed by atoms with Crippen LogP contribution in [-0.4, -0.2) is 17.7 Å². The van der Waals surface area contributed by atoms with Gasteiger partial charge in [0.05, 0.1) is 17.5 Å². The average molecular weight is 313 g/mol. The van der Waals surface area contributed by atoms with Gasteiger partial charge in [-0.3, -0.25) is 5.32 Å². The molecule has 0 aliphatic heterocycles. The molecule has 0 saturated carbocycles. The molecule has 0 saturated heterocycles. The highest BCUT2D eigenvalue weighted by molar-refractivity contribution is 6.03. The van der Waals surface area contributed by atoms with Gasteiger partial charge in [-0.15, -0.1) is 0 Å². The Bertz CT molecular complexity index is 759. The van der Waals surface area contributed by atoms with E-state index in [0.717, 1.165) is 17.0 Å². The molecule has 2 rings (SSSR count). The molecule has 5 nitrogen and oxygen atoms in total. The molecule has 0 bridgehead atoms. The van der Waals surface area contributed by atoms with E-state index in [1.165, 1.54) is 0 Å². The summed E-state index contributed by atoms with van der Waals surface area (Å²) in [6.07, 6.45) is 0.563. The number of carbonyl (C=O) groups is 2. The fraction of sp³-hybridized carbons (Fsp3) is 0.222. The van der Waals surface area contributed by atoms with Gasteiger partial charge in [0.25, 0.3) is 0 Å². The van der Waals surface area contributed by atoms with Gasteiger partial charge in [0.2, 0.25) is 0 Å². The maximum atomic E-state index is 11.9. The van der Waals surface area contributed by atoms with Crippen LogP contribution >= 0.6 is 0 Å². The Kier molecular flexibility index (Phi) is 4.69. The summed E-state index contributed by atoms with van der Waals surface area (Å²) >= 11 is 0. The van der Waals surface area contributed by atoms with Crippen molar-refractivity contribution in [2.45, 2.75) is 26.4 Å². The summed E-state index contributed by atoms with van der Waals surface area (Å²) in [7, 11) is 0. The van der Waals surface area contributed by atoms with Crippen molar-refractivity contribution in [3.63, 3.8) is 0 Å². The number of anilines is 1. The molecule has 0 heterocycles. The summed E-state index contributed by atoms with van der Waals surface area (Å²) in [6, 6.07) is 10.5. The lowest BCUT2D eigenvalue weighted by Gasteiger charge is -2.20. The van der Waals surface area contributed by atoms with Crippen molar-refractivity contribution in [1.29, 1.82) is 0 Å². The van der Waals surface area contributed by atoms with Crippen molar-refractivity contribution in [3.05, 3.63) is 54.8 Å². The molecule has 23 heavy (non-hydrogen) atoms. The van der Waals surface area contributed by atoms with Crippen LogP contribution in [0.3, 0.4) is 0 Å². The normalized spacial score (nSPS) is 10.9. The zero-order chi connectivity index (χ0) is 17.0. The summed E-state index contributed by atoms with van der Waals surface area (Å²) in [5, 5.41) is 4.32. The summed E-state index contributed by atoms with van der Waals surface area (Å²) in [5.74, 6) is -0.479. The summed E-state index contributed by atoms with van der Waals surface area (Å²) < 4.78 is 10.0. The molecule has 1 N–H and O–H groups in total. The van der Waals surface area contributed by atoms with E-state index in [1.807, 2.05) is 6.07 Å². The number of carbonyl (C=O) groups excluding carboxylic acids is 2. The van der Waals surface area contributed by atoms with E-state index in [2.05, 4.69) is 11.9 Å². The molecule has 2 aromatic rings. The van der Waals surface area contributed by atoms with Crippen LogP contribution in [0.25, 0.3) is 10.8 Å². The van der Waals surface area contributed by atoms with Crippen LogP contribution in [0.4, 0.5) is 10.5 Å². The predicted molar refractivity (Wildman–Crippen MR) is 89.4 cm³/mol. The lowest BCUT2D eigenvalue weighted by molar-refractivity contribution is 0.0632. The highest BCUT2D eigenvalue weighted by atomic mass is 16.6. The molecule has 0 fully saturated rings. The molecule has 0 atom stereocenters. The molecule has 120 valence electrons. The number of fused-ring (bicyclic) bond motifs is 1. The molecular formula is C18H19NO4. The van der Waals surface area contributed by atoms with Crippen molar-refractivity contribution in [1.82, 2.24) is 0 Å². The van der Waals surface area contributed by atoms with E-state index < -0.39 is 17.7 Å². The van der Waals surface area contributed by atoms with E-state index in [-0.39, 0.29) is 0 Å². The highest BCUT2D eigenvalue weighted by Crippen LogP contribution is 2.25. The maximum Gasteiger partial charge on any atom is 0.412 e. The highest BCUT2D eigenvalue weighted by Gasteiger charge is 2.17. The molecule has 0 aliphatic carbocycles. The quantitative estimate of drug-likeness (QED) is 0.670. The lowest BCUT2D eigenvalue weighted by Crippen LogP contribution is -2.27. The van der Waals surface area contributed by atoms with Gasteiger partial charge >= 0.3 is 12.1 Å². The number of benzene rings is 2. The van der Waals surface area contributed by atoms with Gasteiger partial charge in [-0.2, -0.15) is 0 Å². The van der Waals surface area contributed by atoms with Gasteiger partial charge in [0, 0.05) is 5.39 Å². The van der Waals surface area contributed by atoms with Crippen LogP contribution in [0.15, 0.2) is 49.2 Å². The van der Waals surface area contributed by atoms with Crippen LogP contribution in [0.5, 0.6) is 0 Å². The SMILES string of the molecule is C=COC(=O)c1ccc2c(NC(=O)OC(C)(C)C)cccc2c1. The van der Waals surface area contributed by atoms with Gasteiger partial charge in [0.1, 0.15) is 5.60 Å². The number of hydrogen-bond donors (Lipinski definition) is 1. The number of rotatable bonds is 3. The van der Waals surface area contributed by atoms with Crippen molar-refractivity contribution in [2.75, 3.05) is 5.32 Å². The number of amides is 1. The zero-order valence-corrected chi connectivity index (χ0v) is 13.4. The topological polar surface area (TPSA) is 64.6 Å². The molecule has 0 spiro atoms. The van der Waals surface area contributed by atoms with Crippen LogP contribution in [0.1, 0.15) is 31.1 Å². The number of hydrogen-bond acceptors (Lipinski definition) is 4. The Labute approximate surface area is 134 Å². The third kappa shape index (κ3) is 4.32. The van der Waals surface area contributed by atoms with Crippen LogP contribution in [-0.2, 0) is 9.47 Å². The largest absolute Gasteiger partial charge is 0.444 e. The smallest absolute Gasteiger partial charge is 0.412 e. The second kappa shape index (κ2) is 6.52. The van der Waals surface area contributed by atoms with Gasteiger partial charge in [0.15, 0.2) is 0 Å². The average Bonchev–Trinajstić information content (AvgIpc) is 2.45. The van der Waals surface area contributed by atoms with E-state index in [9.17, 15) is 9.59 Å². The summed E-state index contributed by atoms with van der Waals surface area (Å²) in [6.45, 7) is 8.76. The minimum absolute atomic E-state index is 0.409. The van der Waals surface area contributed by atoms with E-state index in [1.54, 1.807) is 51.1 Å². The van der Waals surface area contributed by atoms with Gasteiger partial charge in [-0.1, -0.05) is 24.8 Å². The first-order valence-corrected chi connectivity index (χ1v) is 7.15. The number of nitrogens with one attached hydrogen (secondary N) is 1. The molecule has 1 amide bonds. The third-order valence-corrected chi connectivity index (χ3v) is 2.94. The molecule has 0 aromatic heterocycles. The predicted octanol–water partition coefficient (Wildman–Crippen LogP) is 4.49. The number of esters is 1. The third-order valence-electron chi connectivity index (χ3n) is 2.94. The first-order chi connectivity index (χ1) is 10.8. The Morgan fingerprint density at radius 1 is 1.17 bits per heavy atom. The van der Waals surface area contributed by atoms with Crippen molar-refractivity contribution < 1.29 is 19.1 Å². The summed E-state index contributed by atoms with van der Waals surface area (Å²) in [4.78, 5) is 23.6. The number of ether oxygens (including phenoxy) is 2. The van der Waals surface area contributed by atoms with E-state index in [0.29, 0.717) is 11.3 Å². The van der Waals surface area contributed by atoms with Gasteiger partial charge < -0.3 is 9.47 Å². The minimum Gasteiger partial charge on any atom is -0.444 e. The van der Waals surface area contributed by atoms with E-state index >= 15 is 0 Å². The first-order valence-electron chi connectivity index (χ1n) is 7.15. The molecule has 0 unspecified atom stereocenters. The second-order valence-electron chi connectivity index (χ2n) is 5.94. The van der Waals surface area contributed by atoms with Crippen LogP contribution in [0.2, 0.25) is 0 Å². The van der Waals surface area contributed by atoms with Crippen molar-refractivity contribution in [2.24, 2.45) is 0 Å². The fourth-order valence-corrected chi connectivity index (χ4v) is 2.08. The Balaban J connectivity index is 2.30. The van der Waals surface area contributed by atoms with Gasteiger partial charge in [-0.05, 0) is 44.4 Å². The molecule has 0 radical (unpaired) electrons.